The summed E-state index contributed by atoms with van der Waals surface area (Å²) in [7, 11) is 0. The zero-order chi connectivity index (χ0) is 38.5. The van der Waals surface area contributed by atoms with Crippen LogP contribution in [0.1, 0.15) is 147 Å². The van der Waals surface area contributed by atoms with Gasteiger partial charge in [0, 0.05) is 12.1 Å². The van der Waals surface area contributed by atoms with Gasteiger partial charge in [-0.15, -0.1) is 0 Å². The molecule has 2 atom stereocenters. The van der Waals surface area contributed by atoms with Crippen molar-refractivity contribution in [2.75, 3.05) is 0 Å². The SMILES string of the molecule is O[C@@H](c1c(C2CC2)ccc2cncn12)C1CCC(c2ccc(F)cc2F)CC1.O[C@H](c1c(C2CC2)ccc2cncn12)C1CCC(c2ccc(F)cc2F)CC1. The highest BCUT2D eigenvalue weighted by molar-refractivity contribution is 5.51. The van der Waals surface area contributed by atoms with Gasteiger partial charge in [0.05, 0.1) is 59.7 Å². The van der Waals surface area contributed by atoms with Crippen molar-refractivity contribution in [3.8, 4) is 0 Å². The number of aromatic nitrogens is 4. The van der Waals surface area contributed by atoms with E-state index < -0.39 is 35.5 Å². The lowest BCUT2D eigenvalue weighted by atomic mass is 9.75. The van der Waals surface area contributed by atoms with Gasteiger partial charge in [-0.25, -0.2) is 27.5 Å². The van der Waals surface area contributed by atoms with Crippen LogP contribution in [0.5, 0.6) is 0 Å². The van der Waals surface area contributed by atoms with Crippen molar-refractivity contribution in [1.29, 1.82) is 0 Å². The van der Waals surface area contributed by atoms with Gasteiger partial charge in [-0.2, -0.15) is 0 Å². The van der Waals surface area contributed by atoms with Gasteiger partial charge in [0.25, 0.3) is 0 Å². The molecule has 0 aliphatic heterocycles. The molecule has 4 saturated carbocycles. The van der Waals surface area contributed by atoms with Crippen molar-refractivity contribution in [3.63, 3.8) is 0 Å². The molecule has 10 heteroatoms. The molecule has 0 spiro atoms. The first-order chi connectivity index (χ1) is 27.2. The molecule has 4 heterocycles. The van der Waals surface area contributed by atoms with Crippen molar-refractivity contribution < 1.29 is 27.8 Å². The van der Waals surface area contributed by atoms with Crippen LogP contribution in [-0.4, -0.2) is 29.0 Å². The van der Waals surface area contributed by atoms with E-state index in [-0.39, 0.29) is 23.7 Å². The number of nitrogens with zero attached hydrogens (tertiary/aromatic N) is 4. The Bertz CT molecular complexity index is 2170. The van der Waals surface area contributed by atoms with Crippen LogP contribution in [-0.2, 0) is 0 Å². The van der Waals surface area contributed by atoms with Crippen LogP contribution in [0, 0.1) is 35.1 Å². The standard InChI is InChI=1S/2C23H24F2N2O/c2*24-17-7-9-19(21(25)11-17)14-3-5-16(6-4-14)23(28)22-20(15-1-2-15)10-8-18-12-26-13-27(18)22/h2*7-16,23,28H,1-6H2/t2*14?,16?,23-/m10/s1. The molecule has 4 aliphatic carbocycles. The summed E-state index contributed by atoms with van der Waals surface area (Å²) in [5, 5.41) is 22.6. The molecule has 10 rings (SSSR count). The van der Waals surface area contributed by atoms with E-state index in [0.29, 0.717) is 23.0 Å². The van der Waals surface area contributed by atoms with Crippen LogP contribution in [0.15, 0.2) is 85.7 Å². The number of halogens is 4. The molecule has 6 nitrogen and oxygen atoms in total. The summed E-state index contributed by atoms with van der Waals surface area (Å²) in [6.07, 6.45) is 17.4. The van der Waals surface area contributed by atoms with E-state index in [9.17, 15) is 27.8 Å². The van der Waals surface area contributed by atoms with Crippen molar-refractivity contribution >= 4 is 11.0 Å². The number of hydrogen-bond acceptors (Lipinski definition) is 4. The number of rotatable bonds is 8. The lowest BCUT2D eigenvalue weighted by molar-refractivity contribution is 0.0750. The van der Waals surface area contributed by atoms with E-state index in [1.165, 1.54) is 48.9 Å². The van der Waals surface area contributed by atoms with Gasteiger partial charge < -0.3 is 19.0 Å². The van der Waals surface area contributed by atoms with Crippen molar-refractivity contribution in [3.05, 3.63) is 143 Å². The first-order valence-corrected chi connectivity index (χ1v) is 20.4. The first kappa shape index (κ1) is 37.1. The van der Waals surface area contributed by atoms with E-state index >= 15 is 0 Å². The van der Waals surface area contributed by atoms with Gasteiger partial charge in [0.2, 0.25) is 0 Å². The van der Waals surface area contributed by atoms with Crippen LogP contribution in [0.4, 0.5) is 17.6 Å². The molecule has 292 valence electrons. The Balaban J connectivity index is 0.000000146. The average Bonchev–Trinajstić information content (AvgIpc) is 4.14. The van der Waals surface area contributed by atoms with Gasteiger partial charge >= 0.3 is 0 Å². The Kier molecular flexibility index (Phi) is 10.2. The molecule has 4 aromatic heterocycles. The predicted octanol–water partition coefficient (Wildman–Crippen LogP) is 11.0. The Morgan fingerprint density at radius 1 is 0.464 bits per heavy atom. The Morgan fingerprint density at radius 3 is 1.16 bits per heavy atom. The van der Waals surface area contributed by atoms with E-state index in [2.05, 4.69) is 34.2 Å². The number of benzene rings is 2. The molecule has 0 bridgehead atoms. The van der Waals surface area contributed by atoms with Crippen LogP contribution in [0.25, 0.3) is 11.0 Å². The molecular weight excluding hydrogens is 717 g/mol. The summed E-state index contributed by atoms with van der Waals surface area (Å²) in [6.45, 7) is 0. The molecule has 56 heavy (non-hydrogen) atoms. The largest absolute Gasteiger partial charge is 0.387 e. The quantitative estimate of drug-likeness (QED) is 0.151. The van der Waals surface area contributed by atoms with Crippen LogP contribution < -0.4 is 0 Å². The minimum absolute atomic E-state index is 0.0935. The topological polar surface area (TPSA) is 75.1 Å². The summed E-state index contributed by atoms with van der Waals surface area (Å²) < 4.78 is 58.7. The van der Waals surface area contributed by atoms with E-state index in [4.69, 9.17) is 0 Å². The van der Waals surface area contributed by atoms with Crippen LogP contribution in [0.2, 0.25) is 0 Å². The summed E-state index contributed by atoms with van der Waals surface area (Å²) in [4.78, 5) is 8.52. The molecule has 0 amide bonds. The number of hydrogen-bond donors (Lipinski definition) is 2. The smallest absolute Gasteiger partial charge is 0.129 e. The molecule has 2 N–H and O–H groups in total. The molecule has 4 aliphatic rings. The molecule has 0 radical (unpaired) electrons. The third-order valence-electron chi connectivity index (χ3n) is 13.1. The summed E-state index contributed by atoms with van der Waals surface area (Å²) in [5.74, 6) is -0.422. The van der Waals surface area contributed by atoms with Gasteiger partial charge in [-0.3, -0.25) is 0 Å². The number of imidazole rings is 2. The predicted molar refractivity (Wildman–Crippen MR) is 206 cm³/mol. The van der Waals surface area contributed by atoms with Gasteiger partial charge in [-0.1, -0.05) is 24.3 Å². The number of pyridine rings is 2. The third kappa shape index (κ3) is 7.38. The Labute approximate surface area is 324 Å². The monoisotopic (exact) mass is 764 g/mol. The average molecular weight is 765 g/mol. The summed E-state index contributed by atoms with van der Waals surface area (Å²) in [5.41, 5.74) is 7.65. The highest BCUT2D eigenvalue weighted by atomic mass is 19.1. The van der Waals surface area contributed by atoms with Crippen molar-refractivity contribution in [2.45, 2.75) is 113 Å². The lowest BCUT2D eigenvalue weighted by Crippen LogP contribution is -2.22. The zero-order valence-corrected chi connectivity index (χ0v) is 31.4. The fourth-order valence-electron chi connectivity index (χ4n) is 9.77. The normalized spacial score (nSPS) is 23.8. The maximum Gasteiger partial charge on any atom is 0.129 e. The zero-order valence-electron chi connectivity index (χ0n) is 31.4. The minimum Gasteiger partial charge on any atom is -0.387 e. The molecule has 0 saturated heterocycles. The Morgan fingerprint density at radius 2 is 0.804 bits per heavy atom. The van der Waals surface area contributed by atoms with Gasteiger partial charge in [-0.05, 0) is 159 Å². The summed E-state index contributed by atoms with van der Waals surface area (Å²) in [6, 6.07) is 16.2. The van der Waals surface area contributed by atoms with Crippen molar-refractivity contribution in [1.82, 2.24) is 18.8 Å². The first-order valence-electron chi connectivity index (χ1n) is 20.4. The van der Waals surface area contributed by atoms with E-state index in [1.807, 2.05) is 21.2 Å². The second kappa shape index (κ2) is 15.4. The molecule has 6 aromatic rings. The fourth-order valence-corrected chi connectivity index (χ4v) is 9.77. The highest BCUT2D eigenvalue weighted by Crippen LogP contribution is 2.49. The van der Waals surface area contributed by atoms with Gasteiger partial charge in [0.1, 0.15) is 23.3 Å². The van der Waals surface area contributed by atoms with Crippen molar-refractivity contribution in [2.24, 2.45) is 11.8 Å². The third-order valence-corrected chi connectivity index (χ3v) is 13.1. The van der Waals surface area contributed by atoms with Crippen LogP contribution in [0.3, 0.4) is 0 Å². The molecule has 4 fully saturated rings. The number of aliphatic hydroxyl groups is 2. The van der Waals surface area contributed by atoms with E-state index in [1.54, 1.807) is 24.8 Å². The second-order valence-corrected chi connectivity index (χ2v) is 16.7. The second-order valence-electron chi connectivity index (χ2n) is 16.7. The fraction of sp³-hybridized carbons (Fsp3) is 0.435. The molecule has 2 aromatic carbocycles. The minimum atomic E-state index is -0.549. The van der Waals surface area contributed by atoms with Gasteiger partial charge in [0.15, 0.2) is 0 Å². The highest BCUT2D eigenvalue weighted by Gasteiger charge is 2.36. The molecular formula is C46H48F4N4O2. The Hall–Kier alpha value is -4.54. The maximum atomic E-state index is 14.1. The van der Waals surface area contributed by atoms with Crippen LogP contribution >= 0.6 is 0 Å². The number of aliphatic hydroxyl groups excluding tert-OH is 2. The van der Waals surface area contributed by atoms with E-state index in [0.717, 1.165) is 85.9 Å². The maximum absolute atomic E-state index is 14.1. The lowest BCUT2D eigenvalue weighted by Gasteiger charge is -2.33. The molecule has 0 unspecified atom stereocenters. The number of fused-ring (bicyclic) bond motifs is 2. The summed E-state index contributed by atoms with van der Waals surface area (Å²) >= 11 is 0.